The maximum Gasteiger partial charge on any atom is 0.236 e. The van der Waals surface area contributed by atoms with Gasteiger partial charge in [0.15, 0.2) is 0 Å². The molecule has 0 aromatic heterocycles. The van der Waals surface area contributed by atoms with Gasteiger partial charge in [-0.15, -0.1) is 12.3 Å². The number of nitrogens with one attached hydrogen (secondary N) is 1. The second-order valence-corrected chi connectivity index (χ2v) is 3.34. The van der Waals surface area contributed by atoms with E-state index in [-0.39, 0.29) is 5.91 Å². The molecule has 0 saturated carbocycles. The molecule has 1 amide bonds. The van der Waals surface area contributed by atoms with Crippen molar-refractivity contribution in [2.45, 2.75) is 31.7 Å². The lowest BCUT2D eigenvalue weighted by atomic mass is 10.1. The molecule has 0 bridgehead atoms. The average molecular weight is 212 g/mol. The summed E-state index contributed by atoms with van der Waals surface area (Å²) in [6, 6.07) is -0.439. The highest BCUT2D eigenvalue weighted by atomic mass is 16.5. The molecular formula is C11H20N2O2. The smallest absolute Gasteiger partial charge is 0.236 e. The van der Waals surface area contributed by atoms with Crippen LogP contribution in [0.2, 0.25) is 0 Å². The highest BCUT2D eigenvalue weighted by molar-refractivity contribution is 5.81. The molecule has 0 rings (SSSR count). The lowest BCUT2D eigenvalue weighted by Gasteiger charge is -2.11. The van der Waals surface area contributed by atoms with Gasteiger partial charge in [0.2, 0.25) is 5.91 Å². The van der Waals surface area contributed by atoms with Crippen molar-refractivity contribution in [2.75, 3.05) is 20.3 Å². The Labute approximate surface area is 91.6 Å². The molecule has 4 heteroatoms. The van der Waals surface area contributed by atoms with E-state index in [0.29, 0.717) is 26.0 Å². The van der Waals surface area contributed by atoms with E-state index in [4.69, 9.17) is 16.9 Å². The number of hydrogen-bond acceptors (Lipinski definition) is 3. The summed E-state index contributed by atoms with van der Waals surface area (Å²) < 4.78 is 4.88. The summed E-state index contributed by atoms with van der Waals surface area (Å²) in [6.45, 7) is 1.24. The number of hydrogen-bond donors (Lipinski definition) is 2. The first-order valence-electron chi connectivity index (χ1n) is 5.18. The zero-order valence-electron chi connectivity index (χ0n) is 9.29. The molecule has 4 nitrogen and oxygen atoms in total. The van der Waals surface area contributed by atoms with Crippen molar-refractivity contribution < 1.29 is 9.53 Å². The molecule has 0 spiro atoms. The Kier molecular flexibility index (Phi) is 8.84. The molecule has 86 valence electrons. The first-order chi connectivity index (χ1) is 7.22. The molecule has 0 radical (unpaired) electrons. The van der Waals surface area contributed by atoms with E-state index in [2.05, 4.69) is 11.2 Å². The normalized spacial score (nSPS) is 11.8. The number of amides is 1. The average Bonchev–Trinajstić information content (AvgIpc) is 2.24. The molecule has 0 aromatic rings. The van der Waals surface area contributed by atoms with E-state index in [9.17, 15) is 4.79 Å². The first kappa shape index (κ1) is 13.9. The third-order valence-electron chi connectivity index (χ3n) is 2.00. The fourth-order valence-electron chi connectivity index (χ4n) is 1.11. The van der Waals surface area contributed by atoms with Gasteiger partial charge in [0.25, 0.3) is 0 Å². The highest BCUT2D eigenvalue weighted by Gasteiger charge is 2.11. The number of nitrogens with two attached hydrogens (primary N) is 1. The van der Waals surface area contributed by atoms with Gasteiger partial charge in [0.1, 0.15) is 0 Å². The van der Waals surface area contributed by atoms with Crippen LogP contribution in [0.15, 0.2) is 0 Å². The standard InChI is InChI=1S/C11H20N2O2/c1-3-4-5-8-13-11(14)10(12)7-6-9-15-2/h1,10H,4-9,12H2,2H3,(H,13,14). The topological polar surface area (TPSA) is 64.4 Å². The van der Waals surface area contributed by atoms with Crippen LogP contribution in [0.25, 0.3) is 0 Å². The summed E-state index contributed by atoms with van der Waals surface area (Å²) >= 11 is 0. The summed E-state index contributed by atoms with van der Waals surface area (Å²) in [5.41, 5.74) is 5.66. The van der Waals surface area contributed by atoms with Gasteiger partial charge in [0, 0.05) is 26.7 Å². The van der Waals surface area contributed by atoms with Crippen molar-refractivity contribution in [3.63, 3.8) is 0 Å². The molecule has 0 saturated heterocycles. The Morgan fingerprint density at radius 1 is 1.60 bits per heavy atom. The van der Waals surface area contributed by atoms with E-state index in [1.807, 2.05) is 0 Å². The molecule has 15 heavy (non-hydrogen) atoms. The molecule has 0 fully saturated rings. The van der Waals surface area contributed by atoms with Crippen molar-refractivity contribution >= 4 is 5.91 Å². The van der Waals surface area contributed by atoms with Crippen LogP contribution in [0.4, 0.5) is 0 Å². The number of rotatable bonds is 8. The van der Waals surface area contributed by atoms with Gasteiger partial charge >= 0.3 is 0 Å². The lowest BCUT2D eigenvalue weighted by molar-refractivity contribution is -0.122. The molecule has 0 aliphatic carbocycles. The van der Waals surface area contributed by atoms with Gasteiger partial charge in [-0.25, -0.2) is 0 Å². The van der Waals surface area contributed by atoms with E-state index in [0.717, 1.165) is 12.8 Å². The van der Waals surface area contributed by atoms with Crippen LogP contribution in [0.3, 0.4) is 0 Å². The molecule has 3 N–H and O–H groups in total. The first-order valence-corrected chi connectivity index (χ1v) is 5.18. The minimum Gasteiger partial charge on any atom is -0.385 e. The Hall–Kier alpha value is -1.05. The van der Waals surface area contributed by atoms with Crippen LogP contribution in [0, 0.1) is 12.3 Å². The molecule has 0 aliphatic heterocycles. The summed E-state index contributed by atoms with van der Waals surface area (Å²) in [4.78, 5) is 11.4. The molecular weight excluding hydrogens is 192 g/mol. The summed E-state index contributed by atoms with van der Waals surface area (Å²) in [6.07, 6.45) is 8.01. The van der Waals surface area contributed by atoms with E-state index >= 15 is 0 Å². The molecule has 1 unspecified atom stereocenters. The van der Waals surface area contributed by atoms with Crippen LogP contribution in [-0.4, -0.2) is 32.2 Å². The third-order valence-corrected chi connectivity index (χ3v) is 2.00. The maximum atomic E-state index is 11.4. The van der Waals surface area contributed by atoms with Crippen LogP contribution in [0.5, 0.6) is 0 Å². The monoisotopic (exact) mass is 212 g/mol. The van der Waals surface area contributed by atoms with E-state index < -0.39 is 6.04 Å². The van der Waals surface area contributed by atoms with E-state index in [1.54, 1.807) is 7.11 Å². The van der Waals surface area contributed by atoms with Gasteiger partial charge in [-0.2, -0.15) is 0 Å². The summed E-state index contributed by atoms with van der Waals surface area (Å²) in [5, 5.41) is 2.74. The Morgan fingerprint density at radius 3 is 2.93 bits per heavy atom. The zero-order chi connectivity index (χ0) is 11.5. The summed E-state index contributed by atoms with van der Waals surface area (Å²) in [5.74, 6) is 2.41. The third kappa shape index (κ3) is 7.98. The predicted molar refractivity (Wildman–Crippen MR) is 60.2 cm³/mol. The van der Waals surface area contributed by atoms with E-state index in [1.165, 1.54) is 0 Å². The number of terminal acetylenes is 1. The van der Waals surface area contributed by atoms with Crippen molar-refractivity contribution in [1.29, 1.82) is 0 Å². The number of methoxy groups -OCH3 is 1. The quantitative estimate of drug-likeness (QED) is 0.448. The van der Waals surface area contributed by atoms with Gasteiger partial charge in [-0.1, -0.05) is 0 Å². The molecule has 1 atom stereocenters. The minimum atomic E-state index is -0.439. The predicted octanol–water partition coefficient (Wildman–Crippen LogP) is 0.270. The molecule has 0 aliphatic rings. The molecule has 0 heterocycles. The van der Waals surface area contributed by atoms with Crippen molar-refractivity contribution in [3.05, 3.63) is 0 Å². The van der Waals surface area contributed by atoms with Gasteiger partial charge in [-0.05, 0) is 19.3 Å². The van der Waals surface area contributed by atoms with Crippen LogP contribution in [-0.2, 0) is 9.53 Å². The van der Waals surface area contributed by atoms with Crippen molar-refractivity contribution in [3.8, 4) is 12.3 Å². The zero-order valence-corrected chi connectivity index (χ0v) is 9.29. The highest BCUT2D eigenvalue weighted by Crippen LogP contribution is 1.95. The largest absolute Gasteiger partial charge is 0.385 e. The van der Waals surface area contributed by atoms with Gasteiger partial charge in [-0.3, -0.25) is 4.79 Å². The number of carbonyl (C=O) groups is 1. The van der Waals surface area contributed by atoms with Crippen LogP contribution >= 0.6 is 0 Å². The molecule has 0 aromatic carbocycles. The van der Waals surface area contributed by atoms with Crippen molar-refractivity contribution in [2.24, 2.45) is 5.73 Å². The number of carbonyl (C=O) groups excluding carboxylic acids is 1. The lowest BCUT2D eigenvalue weighted by Crippen LogP contribution is -2.41. The Bertz CT molecular complexity index is 211. The minimum absolute atomic E-state index is 0.108. The summed E-state index contributed by atoms with van der Waals surface area (Å²) in [7, 11) is 1.63. The fraction of sp³-hybridized carbons (Fsp3) is 0.727. The Morgan fingerprint density at radius 2 is 2.33 bits per heavy atom. The number of ether oxygens (including phenoxy) is 1. The van der Waals surface area contributed by atoms with Crippen LogP contribution < -0.4 is 11.1 Å². The second-order valence-electron chi connectivity index (χ2n) is 3.34. The number of unbranched alkanes of at least 4 members (excludes halogenated alkanes) is 1. The van der Waals surface area contributed by atoms with Gasteiger partial charge in [0.05, 0.1) is 6.04 Å². The van der Waals surface area contributed by atoms with Crippen molar-refractivity contribution in [1.82, 2.24) is 5.32 Å². The Balaban J connectivity index is 3.47. The fourth-order valence-corrected chi connectivity index (χ4v) is 1.11. The SMILES string of the molecule is C#CCCCNC(=O)C(N)CCCOC. The van der Waals surface area contributed by atoms with Crippen LogP contribution in [0.1, 0.15) is 25.7 Å². The maximum absolute atomic E-state index is 11.4. The second kappa shape index (κ2) is 9.50. The van der Waals surface area contributed by atoms with Gasteiger partial charge < -0.3 is 15.8 Å².